The van der Waals surface area contributed by atoms with Crippen LogP contribution in [0.3, 0.4) is 0 Å². The van der Waals surface area contributed by atoms with Crippen molar-refractivity contribution in [3.05, 3.63) is 75.3 Å². The molecule has 0 aliphatic rings. The summed E-state index contributed by atoms with van der Waals surface area (Å²) in [5, 5.41) is 11.5. The van der Waals surface area contributed by atoms with Crippen molar-refractivity contribution in [2.45, 2.75) is 38.9 Å². The molecule has 0 saturated heterocycles. The molecule has 0 saturated carbocycles. The molecule has 24 heavy (non-hydrogen) atoms. The second kappa shape index (κ2) is 7.90. The zero-order chi connectivity index (χ0) is 17.7. The van der Waals surface area contributed by atoms with Gasteiger partial charge in [0, 0.05) is 17.5 Å². The molecule has 0 bridgehead atoms. The van der Waals surface area contributed by atoms with Crippen LogP contribution in [0.2, 0.25) is 0 Å². The number of non-ortho nitro benzene ring substituents is 1. The summed E-state index contributed by atoms with van der Waals surface area (Å²) in [5.74, 6) is 0. The number of nitro benzene ring substituents is 1. The van der Waals surface area contributed by atoms with E-state index in [0.29, 0.717) is 11.9 Å². The number of nitrogens with zero attached hydrogens (tertiary/aromatic N) is 1. The molecule has 1 atom stereocenters. The first-order valence-corrected chi connectivity index (χ1v) is 8.95. The summed E-state index contributed by atoms with van der Waals surface area (Å²) in [5.41, 5.74) is 3.36. The molecule has 0 fully saturated rings. The summed E-state index contributed by atoms with van der Waals surface area (Å²) < 4.78 is 5.95. The van der Waals surface area contributed by atoms with Crippen LogP contribution >= 0.6 is 15.9 Å². The summed E-state index contributed by atoms with van der Waals surface area (Å²) in [6.45, 7) is 6.88. The second-order valence-corrected chi connectivity index (χ2v) is 7.40. The van der Waals surface area contributed by atoms with E-state index in [9.17, 15) is 10.1 Å². The summed E-state index contributed by atoms with van der Waals surface area (Å²) in [7, 11) is 0. The molecule has 5 heteroatoms. The molecule has 2 rings (SSSR count). The van der Waals surface area contributed by atoms with Crippen LogP contribution in [0.15, 0.2) is 48.5 Å². The van der Waals surface area contributed by atoms with Gasteiger partial charge in [-0.25, -0.2) is 0 Å². The van der Waals surface area contributed by atoms with Crippen molar-refractivity contribution in [1.82, 2.24) is 0 Å². The Morgan fingerprint density at radius 3 is 2.38 bits per heavy atom. The molecular formula is C19H22BrNO3. The molecule has 0 amide bonds. The topological polar surface area (TPSA) is 52.4 Å². The maximum absolute atomic E-state index is 10.8. The van der Waals surface area contributed by atoms with Crippen molar-refractivity contribution in [3.63, 3.8) is 0 Å². The van der Waals surface area contributed by atoms with Crippen molar-refractivity contribution in [3.8, 4) is 0 Å². The quantitative estimate of drug-likeness (QED) is 0.368. The Morgan fingerprint density at radius 1 is 1.17 bits per heavy atom. The molecule has 4 nitrogen and oxygen atoms in total. The normalized spacial score (nSPS) is 12.8. The van der Waals surface area contributed by atoms with E-state index in [1.165, 1.54) is 11.6 Å². The standard InChI is InChI=1S/C19H22BrNO3/c1-19(2,3)16-9-7-15(8-10-16)18(12-20)24-13-14-5-4-6-17(11-14)21(22)23/h4-11,18H,12-13H2,1-3H3. The third kappa shape index (κ3) is 4.89. The van der Waals surface area contributed by atoms with Gasteiger partial charge in [0.25, 0.3) is 5.69 Å². The van der Waals surface area contributed by atoms with Gasteiger partial charge >= 0.3 is 0 Å². The van der Waals surface area contributed by atoms with Crippen LogP contribution in [0.25, 0.3) is 0 Å². The van der Waals surface area contributed by atoms with Crippen LogP contribution in [-0.2, 0) is 16.8 Å². The maximum atomic E-state index is 10.8. The monoisotopic (exact) mass is 391 g/mol. The van der Waals surface area contributed by atoms with Crippen LogP contribution in [0.1, 0.15) is 43.6 Å². The van der Waals surface area contributed by atoms with Crippen LogP contribution < -0.4 is 0 Å². The van der Waals surface area contributed by atoms with E-state index < -0.39 is 4.92 Å². The summed E-state index contributed by atoms with van der Waals surface area (Å²) >= 11 is 3.49. The van der Waals surface area contributed by atoms with E-state index in [-0.39, 0.29) is 17.2 Å². The average Bonchev–Trinajstić information content (AvgIpc) is 2.55. The van der Waals surface area contributed by atoms with Crippen molar-refractivity contribution in [1.29, 1.82) is 0 Å². The van der Waals surface area contributed by atoms with Crippen LogP contribution in [0.5, 0.6) is 0 Å². The molecule has 0 N–H and O–H groups in total. The largest absolute Gasteiger partial charge is 0.368 e. The number of hydrogen-bond acceptors (Lipinski definition) is 3. The lowest BCUT2D eigenvalue weighted by molar-refractivity contribution is -0.385. The smallest absolute Gasteiger partial charge is 0.269 e. The Morgan fingerprint density at radius 2 is 1.83 bits per heavy atom. The van der Waals surface area contributed by atoms with Gasteiger partial charge in [0.05, 0.1) is 17.6 Å². The molecule has 2 aromatic rings. The molecule has 128 valence electrons. The number of halogens is 1. The van der Waals surface area contributed by atoms with Gasteiger partial charge in [-0.1, -0.05) is 73.1 Å². The number of nitro groups is 1. The van der Waals surface area contributed by atoms with Gasteiger partial charge in [-0.05, 0) is 22.1 Å². The third-order valence-electron chi connectivity index (χ3n) is 3.86. The predicted molar refractivity (Wildman–Crippen MR) is 99.6 cm³/mol. The number of alkyl halides is 1. The fraction of sp³-hybridized carbons (Fsp3) is 0.368. The van der Waals surface area contributed by atoms with E-state index in [0.717, 1.165) is 11.1 Å². The van der Waals surface area contributed by atoms with Crippen LogP contribution in [-0.4, -0.2) is 10.3 Å². The SMILES string of the molecule is CC(C)(C)c1ccc(C(CBr)OCc2cccc([N+](=O)[O-])c2)cc1. The minimum atomic E-state index is -0.392. The zero-order valence-electron chi connectivity index (χ0n) is 14.2. The highest BCUT2D eigenvalue weighted by Gasteiger charge is 2.16. The minimum absolute atomic E-state index is 0.0843. The third-order valence-corrected chi connectivity index (χ3v) is 4.45. The fourth-order valence-corrected chi connectivity index (χ4v) is 2.94. The summed E-state index contributed by atoms with van der Waals surface area (Å²) in [6, 6.07) is 15.0. The highest BCUT2D eigenvalue weighted by molar-refractivity contribution is 9.09. The maximum Gasteiger partial charge on any atom is 0.269 e. The van der Waals surface area contributed by atoms with Gasteiger partial charge in [0.15, 0.2) is 0 Å². The van der Waals surface area contributed by atoms with Gasteiger partial charge < -0.3 is 4.74 Å². The molecule has 0 radical (unpaired) electrons. The number of rotatable bonds is 6. The van der Waals surface area contributed by atoms with E-state index >= 15 is 0 Å². The highest BCUT2D eigenvalue weighted by atomic mass is 79.9. The minimum Gasteiger partial charge on any atom is -0.368 e. The first-order chi connectivity index (χ1) is 11.3. The predicted octanol–water partition coefficient (Wildman–Crippen LogP) is 5.55. The highest BCUT2D eigenvalue weighted by Crippen LogP contribution is 2.27. The van der Waals surface area contributed by atoms with Crippen LogP contribution in [0, 0.1) is 10.1 Å². The Hall–Kier alpha value is -1.72. The number of ether oxygens (including phenoxy) is 1. The van der Waals surface area contributed by atoms with Crippen LogP contribution in [0.4, 0.5) is 5.69 Å². The Bertz CT molecular complexity index is 693. The fourth-order valence-electron chi connectivity index (χ4n) is 2.38. The van der Waals surface area contributed by atoms with E-state index in [1.54, 1.807) is 12.1 Å². The van der Waals surface area contributed by atoms with E-state index in [2.05, 4.69) is 61.0 Å². The van der Waals surface area contributed by atoms with Gasteiger partial charge in [0.1, 0.15) is 0 Å². The molecule has 1 unspecified atom stereocenters. The first kappa shape index (κ1) is 18.6. The van der Waals surface area contributed by atoms with Crippen molar-refractivity contribution >= 4 is 21.6 Å². The number of benzene rings is 2. The molecule has 0 aliphatic heterocycles. The summed E-state index contributed by atoms with van der Waals surface area (Å²) in [4.78, 5) is 10.4. The molecule has 2 aromatic carbocycles. The van der Waals surface area contributed by atoms with Gasteiger partial charge in [-0.2, -0.15) is 0 Å². The number of hydrogen-bond donors (Lipinski definition) is 0. The lowest BCUT2D eigenvalue weighted by Gasteiger charge is -2.21. The first-order valence-electron chi connectivity index (χ1n) is 7.82. The molecule has 0 aromatic heterocycles. The Kier molecular flexibility index (Phi) is 6.13. The zero-order valence-corrected chi connectivity index (χ0v) is 15.7. The van der Waals surface area contributed by atoms with Gasteiger partial charge in [0.2, 0.25) is 0 Å². The van der Waals surface area contributed by atoms with E-state index in [4.69, 9.17) is 4.74 Å². The molecule has 0 heterocycles. The Labute approximate surface area is 151 Å². The van der Waals surface area contributed by atoms with Crippen molar-refractivity contribution in [2.75, 3.05) is 5.33 Å². The van der Waals surface area contributed by atoms with Crippen molar-refractivity contribution in [2.24, 2.45) is 0 Å². The Balaban J connectivity index is 2.07. The lowest BCUT2D eigenvalue weighted by Crippen LogP contribution is -2.12. The average molecular weight is 392 g/mol. The lowest BCUT2D eigenvalue weighted by atomic mass is 9.86. The summed E-state index contributed by atoms with van der Waals surface area (Å²) in [6.07, 6.45) is -0.0988. The molecule has 0 spiro atoms. The second-order valence-electron chi connectivity index (χ2n) is 6.75. The van der Waals surface area contributed by atoms with Gasteiger partial charge in [-0.15, -0.1) is 0 Å². The molecular weight excluding hydrogens is 370 g/mol. The van der Waals surface area contributed by atoms with Crippen molar-refractivity contribution < 1.29 is 9.66 Å². The molecule has 0 aliphatic carbocycles. The van der Waals surface area contributed by atoms with E-state index in [1.807, 2.05) is 6.07 Å². The van der Waals surface area contributed by atoms with Gasteiger partial charge in [-0.3, -0.25) is 10.1 Å².